The van der Waals surface area contributed by atoms with Crippen molar-refractivity contribution in [3.8, 4) is 5.75 Å². The Morgan fingerprint density at radius 1 is 1.12 bits per heavy atom. The van der Waals surface area contributed by atoms with Crippen LogP contribution in [0.1, 0.15) is 23.2 Å². The minimum Gasteiger partial charge on any atom is -0.423 e. The third-order valence-electron chi connectivity index (χ3n) is 4.09. The van der Waals surface area contributed by atoms with Crippen molar-refractivity contribution in [1.29, 1.82) is 0 Å². The second-order valence-electron chi connectivity index (χ2n) is 5.83. The van der Waals surface area contributed by atoms with Crippen LogP contribution >= 0.6 is 34.5 Å². The molecule has 0 atom stereocenters. The maximum Gasteiger partial charge on any atom is 0.345 e. The average Bonchev–Trinajstić information content (AvgIpc) is 3.23. The van der Waals surface area contributed by atoms with Gasteiger partial charge in [0.2, 0.25) is 0 Å². The van der Waals surface area contributed by atoms with E-state index in [9.17, 15) is 4.79 Å². The predicted molar refractivity (Wildman–Crippen MR) is 102 cm³/mol. The molecule has 128 valence electrons. The summed E-state index contributed by atoms with van der Waals surface area (Å²) in [6.45, 7) is 2.10. The van der Waals surface area contributed by atoms with Crippen LogP contribution in [0.4, 0.5) is 5.13 Å². The third kappa shape index (κ3) is 3.45. The van der Waals surface area contributed by atoms with Gasteiger partial charge >= 0.3 is 5.97 Å². The number of esters is 1. The first-order valence-electron chi connectivity index (χ1n) is 7.93. The number of nitrogens with zero attached hydrogens (tertiary/aromatic N) is 2. The quantitative estimate of drug-likeness (QED) is 0.440. The van der Waals surface area contributed by atoms with Crippen molar-refractivity contribution >= 4 is 55.9 Å². The summed E-state index contributed by atoms with van der Waals surface area (Å²) < 4.78 is 6.46. The number of halogens is 2. The van der Waals surface area contributed by atoms with Gasteiger partial charge in [0.05, 0.1) is 20.8 Å². The molecule has 4 nitrogen and oxygen atoms in total. The van der Waals surface area contributed by atoms with Gasteiger partial charge in [-0.05, 0) is 43.2 Å². The topological polar surface area (TPSA) is 42.4 Å². The molecule has 1 aliphatic heterocycles. The molecule has 1 aliphatic rings. The van der Waals surface area contributed by atoms with E-state index in [0.717, 1.165) is 28.4 Å². The molecule has 0 N–H and O–H groups in total. The highest BCUT2D eigenvalue weighted by atomic mass is 35.5. The van der Waals surface area contributed by atoms with Gasteiger partial charge in [0.25, 0.3) is 0 Å². The van der Waals surface area contributed by atoms with Gasteiger partial charge < -0.3 is 9.64 Å². The molecule has 2 aromatic carbocycles. The number of carbonyl (C=O) groups is 1. The normalized spacial score (nSPS) is 14.2. The number of anilines is 1. The van der Waals surface area contributed by atoms with Crippen LogP contribution in [0, 0.1) is 0 Å². The SMILES string of the molecule is O=C(Oc1ccc2nc(N3CCCC3)sc2c1)c1ccc(Cl)cc1Cl. The fraction of sp³-hybridized carbons (Fsp3) is 0.222. The van der Waals surface area contributed by atoms with Crippen LogP contribution in [-0.4, -0.2) is 24.0 Å². The molecule has 1 saturated heterocycles. The van der Waals surface area contributed by atoms with Gasteiger partial charge in [-0.15, -0.1) is 0 Å². The second-order valence-corrected chi connectivity index (χ2v) is 7.69. The van der Waals surface area contributed by atoms with E-state index in [1.807, 2.05) is 12.1 Å². The molecular formula is C18H14Cl2N2O2S. The van der Waals surface area contributed by atoms with E-state index in [1.165, 1.54) is 18.9 Å². The minimum absolute atomic E-state index is 0.271. The Hall–Kier alpha value is -1.82. The van der Waals surface area contributed by atoms with Crippen molar-refractivity contribution in [2.24, 2.45) is 0 Å². The van der Waals surface area contributed by atoms with Crippen molar-refractivity contribution in [3.63, 3.8) is 0 Å². The van der Waals surface area contributed by atoms with Crippen LogP contribution in [-0.2, 0) is 0 Å². The van der Waals surface area contributed by atoms with Crippen LogP contribution < -0.4 is 9.64 Å². The summed E-state index contributed by atoms with van der Waals surface area (Å²) in [4.78, 5) is 19.3. The van der Waals surface area contributed by atoms with E-state index in [1.54, 1.807) is 29.5 Å². The molecule has 0 saturated carbocycles. The molecule has 3 aromatic rings. The van der Waals surface area contributed by atoms with Gasteiger partial charge in [0, 0.05) is 24.2 Å². The molecular weight excluding hydrogens is 379 g/mol. The lowest BCUT2D eigenvalue weighted by Crippen LogP contribution is -2.16. The number of rotatable bonds is 3. The van der Waals surface area contributed by atoms with Crippen LogP contribution in [0.3, 0.4) is 0 Å². The number of carbonyl (C=O) groups excluding carboxylic acids is 1. The Morgan fingerprint density at radius 2 is 1.92 bits per heavy atom. The van der Waals surface area contributed by atoms with Crippen molar-refractivity contribution in [1.82, 2.24) is 4.98 Å². The summed E-state index contributed by atoms with van der Waals surface area (Å²) in [6, 6.07) is 10.2. The fourth-order valence-electron chi connectivity index (χ4n) is 2.82. The number of aromatic nitrogens is 1. The van der Waals surface area contributed by atoms with E-state index in [0.29, 0.717) is 10.8 Å². The lowest BCUT2D eigenvalue weighted by Gasteiger charge is -2.11. The molecule has 0 spiro atoms. The molecule has 25 heavy (non-hydrogen) atoms. The van der Waals surface area contributed by atoms with Crippen LogP contribution in [0.2, 0.25) is 10.0 Å². The largest absolute Gasteiger partial charge is 0.423 e. The monoisotopic (exact) mass is 392 g/mol. The molecule has 4 rings (SSSR count). The zero-order valence-electron chi connectivity index (χ0n) is 13.2. The van der Waals surface area contributed by atoms with Crippen LogP contribution in [0.15, 0.2) is 36.4 Å². The third-order valence-corrected chi connectivity index (χ3v) is 5.71. The number of fused-ring (bicyclic) bond motifs is 1. The Bertz CT molecular complexity index is 951. The van der Waals surface area contributed by atoms with Gasteiger partial charge in [-0.1, -0.05) is 34.5 Å². The van der Waals surface area contributed by atoms with Crippen LogP contribution in [0.25, 0.3) is 10.2 Å². The van der Waals surface area contributed by atoms with Gasteiger partial charge in [-0.2, -0.15) is 0 Å². The summed E-state index contributed by atoms with van der Waals surface area (Å²) in [7, 11) is 0. The second kappa shape index (κ2) is 6.83. The molecule has 1 aromatic heterocycles. The molecule has 7 heteroatoms. The van der Waals surface area contributed by atoms with Crippen molar-refractivity contribution < 1.29 is 9.53 Å². The number of hydrogen-bond acceptors (Lipinski definition) is 5. The maximum atomic E-state index is 12.3. The predicted octanol–water partition coefficient (Wildman–Crippen LogP) is 5.42. The number of thiazole rings is 1. The Morgan fingerprint density at radius 3 is 2.68 bits per heavy atom. The number of benzene rings is 2. The summed E-state index contributed by atoms with van der Waals surface area (Å²) in [6.07, 6.45) is 2.42. The first-order chi connectivity index (χ1) is 12.1. The van der Waals surface area contributed by atoms with Gasteiger partial charge in [0.1, 0.15) is 5.75 Å². The van der Waals surface area contributed by atoms with E-state index >= 15 is 0 Å². The molecule has 2 heterocycles. The molecule has 0 radical (unpaired) electrons. The maximum absolute atomic E-state index is 12.3. The molecule has 0 unspecified atom stereocenters. The van der Waals surface area contributed by atoms with Gasteiger partial charge in [0.15, 0.2) is 5.13 Å². The van der Waals surface area contributed by atoms with E-state index in [-0.39, 0.29) is 10.6 Å². The van der Waals surface area contributed by atoms with E-state index in [2.05, 4.69) is 9.88 Å². The Balaban J connectivity index is 1.57. The first-order valence-corrected chi connectivity index (χ1v) is 9.50. The van der Waals surface area contributed by atoms with Gasteiger partial charge in [-0.3, -0.25) is 0 Å². The van der Waals surface area contributed by atoms with Crippen molar-refractivity contribution in [2.75, 3.05) is 18.0 Å². The zero-order valence-corrected chi connectivity index (χ0v) is 15.5. The highest BCUT2D eigenvalue weighted by Gasteiger charge is 2.17. The standard InChI is InChI=1S/C18H14Cl2N2O2S/c19-11-3-5-13(14(20)9-11)17(23)24-12-4-6-15-16(10-12)25-18(21-15)22-7-1-2-8-22/h3-6,9-10H,1-2,7-8H2. The van der Waals surface area contributed by atoms with E-state index in [4.69, 9.17) is 27.9 Å². The van der Waals surface area contributed by atoms with Crippen molar-refractivity contribution in [2.45, 2.75) is 12.8 Å². The molecule has 0 bridgehead atoms. The van der Waals surface area contributed by atoms with E-state index < -0.39 is 5.97 Å². The smallest absolute Gasteiger partial charge is 0.345 e. The molecule has 0 aliphatic carbocycles. The minimum atomic E-state index is -0.509. The van der Waals surface area contributed by atoms with Gasteiger partial charge in [-0.25, -0.2) is 9.78 Å². The summed E-state index contributed by atoms with van der Waals surface area (Å²) >= 11 is 13.5. The molecule has 1 fully saturated rings. The zero-order chi connectivity index (χ0) is 17.4. The number of hydrogen-bond donors (Lipinski definition) is 0. The Labute approximate surface area is 158 Å². The average molecular weight is 393 g/mol. The van der Waals surface area contributed by atoms with Crippen LogP contribution in [0.5, 0.6) is 5.75 Å². The summed E-state index contributed by atoms with van der Waals surface area (Å²) in [5.41, 5.74) is 1.20. The number of ether oxygens (including phenoxy) is 1. The van der Waals surface area contributed by atoms with Crippen molar-refractivity contribution in [3.05, 3.63) is 52.0 Å². The first kappa shape index (κ1) is 16.6. The Kier molecular flexibility index (Phi) is 4.54. The highest BCUT2D eigenvalue weighted by molar-refractivity contribution is 7.22. The highest BCUT2D eigenvalue weighted by Crippen LogP contribution is 2.33. The fourth-order valence-corrected chi connectivity index (χ4v) is 4.35. The summed E-state index contributed by atoms with van der Waals surface area (Å²) in [5.74, 6) is -0.0366. The molecule has 0 amide bonds. The lowest BCUT2D eigenvalue weighted by atomic mass is 10.2. The lowest BCUT2D eigenvalue weighted by molar-refractivity contribution is 0.0735. The summed E-state index contributed by atoms with van der Waals surface area (Å²) in [5, 5.41) is 1.77.